The van der Waals surface area contributed by atoms with Gasteiger partial charge >= 0.3 is 0 Å². The van der Waals surface area contributed by atoms with Crippen molar-refractivity contribution in [1.82, 2.24) is 4.90 Å². The molecule has 0 N–H and O–H groups in total. The van der Waals surface area contributed by atoms with Gasteiger partial charge in [0.25, 0.3) is 5.91 Å². The van der Waals surface area contributed by atoms with Crippen molar-refractivity contribution >= 4 is 40.5 Å². The van der Waals surface area contributed by atoms with Gasteiger partial charge in [0.15, 0.2) is 5.17 Å². The molecule has 0 atom stereocenters. The summed E-state index contributed by atoms with van der Waals surface area (Å²) in [7, 11) is 0. The van der Waals surface area contributed by atoms with Gasteiger partial charge in [-0.25, -0.2) is 0 Å². The second-order valence-electron chi connectivity index (χ2n) is 5.10. The number of furan rings is 1. The summed E-state index contributed by atoms with van der Waals surface area (Å²) in [5.41, 5.74) is 0.831. The van der Waals surface area contributed by atoms with E-state index in [0.717, 1.165) is 10.7 Å². The van der Waals surface area contributed by atoms with Crippen molar-refractivity contribution in [3.05, 3.63) is 52.1 Å². The lowest BCUT2D eigenvalue weighted by Crippen LogP contribution is -2.28. The smallest absolute Gasteiger partial charge is 0.266 e. The number of rotatable bonds is 4. The van der Waals surface area contributed by atoms with Crippen LogP contribution in [0.2, 0.25) is 5.02 Å². The van der Waals surface area contributed by atoms with E-state index in [1.54, 1.807) is 11.0 Å². The van der Waals surface area contributed by atoms with Gasteiger partial charge in [-0.3, -0.25) is 14.7 Å². The summed E-state index contributed by atoms with van der Waals surface area (Å²) < 4.78 is 5.84. The van der Waals surface area contributed by atoms with Crippen LogP contribution in [0.15, 0.2) is 50.7 Å². The lowest BCUT2D eigenvalue weighted by Gasteiger charge is -2.11. The standard InChI is InChI=1S/C18H17ClN2O2S/c1-3-20-18-21(4-2)17(22)16(24-18)11-12-9-10-15(23-12)13-7-5-6-8-14(13)19/h5-11H,3-4H2,1-2H3/b16-11+,20-18?. The highest BCUT2D eigenvalue weighted by Crippen LogP contribution is 2.34. The summed E-state index contributed by atoms with van der Waals surface area (Å²) in [5.74, 6) is 1.26. The van der Waals surface area contributed by atoms with Crippen LogP contribution in [0.1, 0.15) is 19.6 Å². The van der Waals surface area contributed by atoms with Gasteiger partial charge < -0.3 is 4.42 Å². The molecule has 1 saturated heterocycles. The van der Waals surface area contributed by atoms with Crippen molar-refractivity contribution < 1.29 is 9.21 Å². The lowest BCUT2D eigenvalue weighted by atomic mass is 10.2. The van der Waals surface area contributed by atoms with Crippen LogP contribution in [0, 0.1) is 0 Å². The van der Waals surface area contributed by atoms with Gasteiger partial charge in [0, 0.05) is 24.7 Å². The Morgan fingerprint density at radius 3 is 2.75 bits per heavy atom. The number of benzene rings is 1. The summed E-state index contributed by atoms with van der Waals surface area (Å²) in [6.07, 6.45) is 1.76. The summed E-state index contributed by atoms with van der Waals surface area (Å²) in [6.45, 7) is 5.15. The Morgan fingerprint density at radius 2 is 2.04 bits per heavy atom. The molecule has 124 valence electrons. The van der Waals surface area contributed by atoms with Gasteiger partial charge in [-0.05, 0) is 49.9 Å². The second kappa shape index (κ2) is 7.28. The molecule has 1 aliphatic rings. The van der Waals surface area contributed by atoms with Gasteiger partial charge in [-0.2, -0.15) is 0 Å². The van der Waals surface area contributed by atoms with Crippen LogP contribution >= 0.6 is 23.4 Å². The maximum atomic E-state index is 12.5. The molecule has 0 spiro atoms. The zero-order valence-corrected chi connectivity index (χ0v) is 15.0. The Kier molecular flexibility index (Phi) is 5.11. The number of hydrogen-bond acceptors (Lipinski definition) is 4. The first-order chi connectivity index (χ1) is 11.6. The molecule has 1 amide bonds. The van der Waals surface area contributed by atoms with Crippen molar-refractivity contribution in [2.75, 3.05) is 13.1 Å². The minimum absolute atomic E-state index is 0.0367. The third-order valence-electron chi connectivity index (χ3n) is 3.54. The molecule has 1 aromatic heterocycles. The first kappa shape index (κ1) is 16.9. The predicted molar refractivity (Wildman–Crippen MR) is 100 cm³/mol. The zero-order chi connectivity index (χ0) is 17.1. The third-order valence-corrected chi connectivity index (χ3v) is 4.91. The van der Waals surface area contributed by atoms with Crippen molar-refractivity contribution in [2.45, 2.75) is 13.8 Å². The number of carbonyl (C=O) groups is 1. The number of nitrogens with zero attached hydrogens (tertiary/aromatic N) is 2. The van der Waals surface area contributed by atoms with Gasteiger partial charge in [0.05, 0.1) is 9.93 Å². The Balaban J connectivity index is 1.89. The highest BCUT2D eigenvalue weighted by Gasteiger charge is 2.32. The molecular formula is C18H17ClN2O2S. The molecule has 0 unspecified atom stereocenters. The highest BCUT2D eigenvalue weighted by molar-refractivity contribution is 8.18. The molecule has 0 bridgehead atoms. The molecule has 0 radical (unpaired) electrons. The Labute approximate surface area is 150 Å². The molecule has 2 aromatic rings. The van der Waals surface area contributed by atoms with E-state index in [4.69, 9.17) is 16.0 Å². The fourth-order valence-electron chi connectivity index (χ4n) is 2.41. The summed E-state index contributed by atoms with van der Waals surface area (Å²) in [6, 6.07) is 11.2. The number of thioether (sulfide) groups is 1. The fraction of sp³-hybridized carbons (Fsp3) is 0.222. The molecule has 0 saturated carbocycles. The molecule has 3 rings (SSSR count). The first-order valence-electron chi connectivity index (χ1n) is 7.74. The number of halogens is 1. The van der Waals surface area contributed by atoms with Gasteiger partial charge in [0.2, 0.25) is 0 Å². The quantitative estimate of drug-likeness (QED) is 0.727. The van der Waals surface area contributed by atoms with Crippen LogP contribution in [0.4, 0.5) is 0 Å². The predicted octanol–water partition coefficient (Wildman–Crippen LogP) is 4.91. The van der Waals surface area contributed by atoms with Gasteiger partial charge in [-0.15, -0.1) is 0 Å². The van der Waals surface area contributed by atoms with Crippen LogP contribution in [0.25, 0.3) is 17.4 Å². The SMILES string of the molecule is CCN=C1S/C(=C/c2ccc(-c3ccccc3Cl)o2)C(=O)N1CC. The monoisotopic (exact) mass is 360 g/mol. The minimum atomic E-state index is -0.0367. The molecular weight excluding hydrogens is 344 g/mol. The van der Waals surface area contributed by atoms with Crippen molar-refractivity contribution in [3.63, 3.8) is 0 Å². The van der Waals surface area contributed by atoms with Crippen molar-refractivity contribution in [3.8, 4) is 11.3 Å². The van der Waals surface area contributed by atoms with Gasteiger partial charge in [0.1, 0.15) is 11.5 Å². The van der Waals surface area contributed by atoms with E-state index < -0.39 is 0 Å². The molecule has 4 nitrogen and oxygen atoms in total. The highest BCUT2D eigenvalue weighted by atomic mass is 35.5. The van der Waals surface area contributed by atoms with E-state index in [2.05, 4.69) is 4.99 Å². The topological polar surface area (TPSA) is 45.8 Å². The third kappa shape index (κ3) is 3.28. The second-order valence-corrected chi connectivity index (χ2v) is 6.52. The molecule has 2 heterocycles. The Morgan fingerprint density at radius 1 is 1.25 bits per heavy atom. The first-order valence-corrected chi connectivity index (χ1v) is 8.94. The maximum Gasteiger partial charge on any atom is 0.266 e. The average Bonchev–Trinajstić information content (AvgIpc) is 3.14. The normalized spacial score (nSPS) is 18.1. The van der Waals surface area contributed by atoms with E-state index in [-0.39, 0.29) is 5.91 Å². The van der Waals surface area contributed by atoms with Crippen LogP contribution in [-0.4, -0.2) is 29.1 Å². The van der Waals surface area contributed by atoms with E-state index in [0.29, 0.717) is 34.5 Å². The van der Waals surface area contributed by atoms with E-state index in [1.807, 2.05) is 50.2 Å². The van der Waals surface area contributed by atoms with E-state index >= 15 is 0 Å². The lowest BCUT2D eigenvalue weighted by molar-refractivity contribution is -0.122. The molecule has 0 aliphatic carbocycles. The minimum Gasteiger partial charge on any atom is -0.457 e. The molecule has 1 fully saturated rings. The van der Waals surface area contributed by atoms with Crippen molar-refractivity contribution in [2.24, 2.45) is 4.99 Å². The van der Waals surface area contributed by atoms with Crippen LogP contribution in [0.3, 0.4) is 0 Å². The number of amides is 1. The summed E-state index contributed by atoms with van der Waals surface area (Å²) in [4.78, 5) is 19.1. The Bertz CT molecular complexity index is 826. The maximum absolute atomic E-state index is 12.5. The van der Waals surface area contributed by atoms with Crippen LogP contribution < -0.4 is 0 Å². The van der Waals surface area contributed by atoms with E-state index in [1.165, 1.54) is 11.8 Å². The van der Waals surface area contributed by atoms with Crippen LogP contribution in [-0.2, 0) is 4.79 Å². The zero-order valence-electron chi connectivity index (χ0n) is 13.5. The Hall–Kier alpha value is -1.98. The van der Waals surface area contributed by atoms with Gasteiger partial charge in [-0.1, -0.05) is 23.7 Å². The number of likely N-dealkylation sites (N-methyl/N-ethyl adjacent to an activating group) is 1. The molecule has 1 aromatic carbocycles. The van der Waals surface area contributed by atoms with Crippen LogP contribution in [0.5, 0.6) is 0 Å². The number of hydrogen-bond donors (Lipinski definition) is 0. The van der Waals surface area contributed by atoms with Crippen molar-refractivity contribution in [1.29, 1.82) is 0 Å². The largest absolute Gasteiger partial charge is 0.457 e. The molecule has 1 aliphatic heterocycles. The number of carbonyl (C=O) groups excluding carboxylic acids is 1. The average molecular weight is 361 g/mol. The summed E-state index contributed by atoms with van der Waals surface area (Å²) >= 11 is 7.58. The number of amidine groups is 1. The van der Waals surface area contributed by atoms with E-state index in [9.17, 15) is 4.79 Å². The molecule has 6 heteroatoms. The molecule has 24 heavy (non-hydrogen) atoms. The fourth-order valence-corrected chi connectivity index (χ4v) is 3.72. The number of aliphatic imine (C=N–C) groups is 1. The summed E-state index contributed by atoms with van der Waals surface area (Å²) in [5, 5.41) is 1.38.